The standard InChI is InChI=1S/C22H26F2N2O2/c1-2-10-22(25,27)11-3-4-13-28-21-14-16-9-12-26(20(16)15-19(21)24)18-7-5-17(23)6-8-18/h5-9,12,14-15,27H,2-4,10-11,13,25H2,1H3. The van der Waals surface area contributed by atoms with E-state index in [4.69, 9.17) is 10.5 Å². The van der Waals surface area contributed by atoms with Crippen molar-refractivity contribution in [1.29, 1.82) is 0 Å². The lowest BCUT2D eigenvalue weighted by atomic mass is 10.0. The number of benzene rings is 2. The van der Waals surface area contributed by atoms with Gasteiger partial charge in [-0.1, -0.05) is 13.3 Å². The van der Waals surface area contributed by atoms with E-state index < -0.39 is 11.5 Å². The van der Waals surface area contributed by atoms with Gasteiger partial charge in [0.1, 0.15) is 11.5 Å². The molecule has 0 spiro atoms. The van der Waals surface area contributed by atoms with E-state index in [2.05, 4.69) is 0 Å². The molecule has 0 saturated heterocycles. The number of aromatic nitrogens is 1. The predicted octanol–water partition coefficient (Wildman–Crippen LogP) is 4.91. The third-order valence-corrected chi connectivity index (χ3v) is 4.79. The fourth-order valence-corrected chi connectivity index (χ4v) is 3.35. The molecule has 0 fully saturated rings. The molecule has 1 unspecified atom stereocenters. The number of ether oxygens (including phenoxy) is 1. The minimum Gasteiger partial charge on any atom is -0.490 e. The Bertz CT molecular complexity index is 920. The lowest BCUT2D eigenvalue weighted by Crippen LogP contribution is -2.39. The first-order valence-corrected chi connectivity index (χ1v) is 9.60. The van der Waals surface area contributed by atoms with Crippen LogP contribution < -0.4 is 10.5 Å². The van der Waals surface area contributed by atoms with Crippen molar-refractivity contribution in [2.24, 2.45) is 5.73 Å². The number of nitrogens with two attached hydrogens (primary N) is 1. The molecule has 0 bridgehead atoms. The number of nitrogens with zero attached hydrogens (tertiary/aromatic N) is 1. The molecule has 3 aromatic rings. The second-order valence-electron chi connectivity index (χ2n) is 7.16. The summed E-state index contributed by atoms with van der Waals surface area (Å²) < 4.78 is 35.0. The molecule has 0 aliphatic heterocycles. The lowest BCUT2D eigenvalue weighted by Gasteiger charge is -2.22. The third-order valence-electron chi connectivity index (χ3n) is 4.79. The Hall–Kier alpha value is -2.44. The van der Waals surface area contributed by atoms with Crippen LogP contribution in [0.2, 0.25) is 0 Å². The minimum atomic E-state index is -1.14. The SMILES string of the molecule is CCCC(N)(O)CCCCOc1cc2ccn(-c3ccc(F)cc3)c2cc1F. The van der Waals surface area contributed by atoms with E-state index in [9.17, 15) is 13.9 Å². The number of hydrogen-bond acceptors (Lipinski definition) is 3. The van der Waals surface area contributed by atoms with Crippen LogP contribution in [0.15, 0.2) is 48.7 Å². The summed E-state index contributed by atoms with van der Waals surface area (Å²) in [7, 11) is 0. The van der Waals surface area contributed by atoms with Crippen molar-refractivity contribution in [2.45, 2.75) is 44.8 Å². The third kappa shape index (κ3) is 4.88. The predicted molar refractivity (Wildman–Crippen MR) is 107 cm³/mol. The monoisotopic (exact) mass is 388 g/mol. The van der Waals surface area contributed by atoms with Gasteiger partial charge in [-0.15, -0.1) is 0 Å². The number of aliphatic hydroxyl groups is 1. The fraction of sp³-hybridized carbons (Fsp3) is 0.364. The average Bonchev–Trinajstić information content (AvgIpc) is 3.04. The molecule has 1 aromatic heterocycles. The van der Waals surface area contributed by atoms with Crippen LogP contribution in [0.3, 0.4) is 0 Å². The van der Waals surface area contributed by atoms with E-state index in [0.29, 0.717) is 37.8 Å². The van der Waals surface area contributed by atoms with Crippen molar-refractivity contribution in [1.82, 2.24) is 4.57 Å². The molecular formula is C22H26F2N2O2. The van der Waals surface area contributed by atoms with Crippen LogP contribution in [0.1, 0.15) is 39.0 Å². The largest absolute Gasteiger partial charge is 0.490 e. The zero-order valence-electron chi connectivity index (χ0n) is 16.0. The molecule has 28 heavy (non-hydrogen) atoms. The fourth-order valence-electron chi connectivity index (χ4n) is 3.35. The van der Waals surface area contributed by atoms with Crippen LogP contribution in [-0.2, 0) is 0 Å². The van der Waals surface area contributed by atoms with Gasteiger partial charge in [0.25, 0.3) is 0 Å². The van der Waals surface area contributed by atoms with Crippen molar-refractivity contribution in [2.75, 3.05) is 6.61 Å². The summed E-state index contributed by atoms with van der Waals surface area (Å²) in [6, 6.07) is 11.0. The van der Waals surface area contributed by atoms with Crippen molar-refractivity contribution in [3.8, 4) is 11.4 Å². The molecule has 0 aliphatic rings. The van der Waals surface area contributed by atoms with Crippen molar-refractivity contribution < 1.29 is 18.6 Å². The Labute approximate surface area is 163 Å². The van der Waals surface area contributed by atoms with Gasteiger partial charge in [0.2, 0.25) is 0 Å². The molecule has 4 nitrogen and oxygen atoms in total. The van der Waals surface area contributed by atoms with Crippen LogP contribution in [0.4, 0.5) is 8.78 Å². The van der Waals surface area contributed by atoms with Crippen LogP contribution in [0.25, 0.3) is 16.6 Å². The van der Waals surface area contributed by atoms with E-state index in [1.54, 1.807) is 22.8 Å². The summed E-state index contributed by atoms with van der Waals surface area (Å²) in [6.07, 6.45) is 5.08. The Kier molecular flexibility index (Phi) is 6.31. The zero-order chi connectivity index (χ0) is 20.1. The molecule has 1 atom stereocenters. The highest BCUT2D eigenvalue weighted by atomic mass is 19.1. The van der Waals surface area contributed by atoms with Gasteiger partial charge in [-0.05, 0) is 62.1 Å². The summed E-state index contributed by atoms with van der Waals surface area (Å²) in [4.78, 5) is 0. The highest BCUT2D eigenvalue weighted by molar-refractivity contribution is 5.83. The molecule has 0 saturated carbocycles. The average molecular weight is 388 g/mol. The molecular weight excluding hydrogens is 362 g/mol. The minimum absolute atomic E-state index is 0.195. The molecule has 3 N–H and O–H groups in total. The Morgan fingerprint density at radius 2 is 1.82 bits per heavy atom. The number of unbranched alkanes of at least 4 members (excludes halogenated alkanes) is 1. The summed E-state index contributed by atoms with van der Waals surface area (Å²) >= 11 is 0. The Morgan fingerprint density at radius 1 is 1.07 bits per heavy atom. The Morgan fingerprint density at radius 3 is 2.54 bits per heavy atom. The van der Waals surface area contributed by atoms with Crippen LogP contribution in [0.5, 0.6) is 5.75 Å². The topological polar surface area (TPSA) is 60.4 Å². The summed E-state index contributed by atoms with van der Waals surface area (Å²) in [5.41, 5.74) is 6.10. The van der Waals surface area contributed by atoms with Crippen molar-refractivity contribution >= 4 is 10.9 Å². The van der Waals surface area contributed by atoms with Gasteiger partial charge in [0.15, 0.2) is 11.6 Å². The first kappa shape index (κ1) is 20.3. The zero-order valence-corrected chi connectivity index (χ0v) is 16.0. The first-order valence-electron chi connectivity index (χ1n) is 9.60. The van der Waals surface area contributed by atoms with Gasteiger partial charge in [0.05, 0.1) is 12.1 Å². The van der Waals surface area contributed by atoms with Gasteiger partial charge in [-0.25, -0.2) is 8.78 Å². The second-order valence-corrected chi connectivity index (χ2v) is 7.16. The maximum absolute atomic E-state index is 14.5. The molecule has 150 valence electrons. The number of fused-ring (bicyclic) bond motifs is 1. The molecule has 6 heteroatoms. The highest BCUT2D eigenvalue weighted by Crippen LogP contribution is 2.28. The maximum Gasteiger partial charge on any atom is 0.167 e. The number of rotatable bonds is 9. The summed E-state index contributed by atoms with van der Waals surface area (Å²) in [5, 5.41) is 10.8. The maximum atomic E-state index is 14.5. The smallest absolute Gasteiger partial charge is 0.167 e. The van der Waals surface area contributed by atoms with Crippen molar-refractivity contribution in [3.05, 3.63) is 60.3 Å². The number of halogens is 2. The van der Waals surface area contributed by atoms with Crippen LogP contribution in [0, 0.1) is 11.6 Å². The molecule has 0 radical (unpaired) electrons. The van der Waals surface area contributed by atoms with Gasteiger partial charge in [0, 0.05) is 23.3 Å². The van der Waals surface area contributed by atoms with Gasteiger partial charge in [-0.3, -0.25) is 0 Å². The van der Waals surface area contributed by atoms with Gasteiger partial charge < -0.3 is 20.1 Å². The lowest BCUT2D eigenvalue weighted by molar-refractivity contribution is 0.0252. The highest BCUT2D eigenvalue weighted by Gasteiger charge is 2.18. The summed E-state index contributed by atoms with van der Waals surface area (Å²) in [6.45, 7) is 2.33. The summed E-state index contributed by atoms with van der Waals surface area (Å²) in [5.74, 6) is -0.568. The van der Waals surface area contributed by atoms with E-state index in [0.717, 1.165) is 17.5 Å². The molecule has 1 heterocycles. The normalized spacial score (nSPS) is 13.6. The van der Waals surface area contributed by atoms with E-state index in [1.807, 2.05) is 19.2 Å². The molecule has 0 amide bonds. The Balaban J connectivity index is 1.64. The van der Waals surface area contributed by atoms with Crippen LogP contribution in [-0.4, -0.2) is 22.0 Å². The van der Waals surface area contributed by atoms with Gasteiger partial charge in [-0.2, -0.15) is 0 Å². The molecule has 2 aromatic carbocycles. The van der Waals surface area contributed by atoms with E-state index in [1.165, 1.54) is 18.2 Å². The van der Waals surface area contributed by atoms with Gasteiger partial charge >= 0.3 is 0 Å². The number of hydrogen-bond donors (Lipinski definition) is 2. The molecule has 3 rings (SSSR count). The quantitative estimate of drug-likeness (QED) is 0.405. The van der Waals surface area contributed by atoms with Crippen LogP contribution >= 0.6 is 0 Å². The first-order chi connectivity index (χ1) is 13.4. The van der Waals surface area contributed by atoms with E-state index >= 15 is 0 Å². The second kappa shape index (κ2) is 8.71. The van der Waals surface area contributed by atoms with Crippen molar-refractivity contribution in [3.63, 3.8) is 0 Å². The molecule has 0 aliphatic carbocycles. The van der Waals surface area contributed by atoms with E-state index in [-0.39, 0.29) is 11.6 Å².